The van der Waals surface area contributed by atoms with Gasteiger partial charge in [-0.05, 0) is 18.4 Å². The van der Waals surface area contributed by atoms with Gasteiger partial charge in [-0.25, -0.2) is 4.68 Å². The van der Waals surface area contributed by atoms with Crippen LogP contribution in [-0.4, -0.2) is 51.6 Å². The minimum Gasteiger partial charge on any atom is -0.377 e. The van der Waals surface area contributed by atoms with Crippen LogP contribution in [0.15, 0.2) is 36.5 Å². The third kappa shape index (κ3) is 3.78. The second kappa shape index (κ2) is 7.97. The first kappa shape index (κ1) is 17.2. The smallest absolute Gasteiger partial charge is 0.222 e. The molecule has 138 valence electrons. The lowest BCUT2D eigenvalue weighted by Crippen LogP contribution is -2.50. The van der Waals surface area contributed by atoms with Gasteiger partial charge >= 0.3 is 0 Å². The molecule has 2 atom stereocenters. The van der Waals surface area contributed by atoms with E-state index in [0.29, 0.717) is 32.8 Å². The third-order valence-electron chi connectivity index (χ3n) is 5.08. The van der Waals surface area contributed by atoms with Crippen molar-refractivity contribution in [3.8, 4) is 0 Å². The monoisotopic (exact) mass is 356 g/mol. The van der Waals surface area contributed by atoms with Crippen molar-refractivity contribution in [1.29, 1.82) is 0 Å². The number of likely N-dealkylation sites (tertiary alicyclic amines) is 1. The van der Waals surface area contributed by atoms with Gasteiger partial charge < -0.3 is 14.4 Å². The molecule has 7 nitrogen and oxygen atoms in total. The van der Waals surface area contributed by atoms with Gasteiger partial charge in [-0.1, -0.05) is 35.5 Å². The number of piperidine rings is 1. The average Bonchev–Trinajstić information content (AvgIpc) is 3.17. The molecule has 1 aromatic carbocycles. The summed E-state index contributed by atoms with van der Waals surface area (Å²) in [6.07, 6.45) is 3.88. The molecule has 0 N–H and O–H groups in total. The van der Waals surface area contributed by atoms with Gasteiger partial charge in [0.2, 0.25) is 5.91 Å². The van der Waals surface area contributed by atoms with Crippen LogP contribution in [0, 0.1) is 0 Å². The molecular formula is C19H24N4O3. The number of ether oxygens (including phenoxy) is 2. The first-order valence-electron chi connectivity index (χ1n) is 9.21. The van der Waals surface area contributed by atoms with Crippen LogP contribution in [-0.2, 0) is 27.5 Å². The molecule has 1 aromatic heterocycles. The van der Waals surface area contributed by atoms with Crippen LogP contribution in [0.3, 0.4) is 0 Å². The van der Waals surface area contributed by atoms with Crippen molar-refractivity contribution >= 4 is 5.91 Å². The molecule has 2 unspecified atom stereocenters. The highest BCUT2D eigenvalue weighted by molar-refractivity contribution is 5.76. The maximum Gasteiger partial charge on any atom is 0.222 e. The Labute approximate surface area is 152 Å². The fraction of sp³-hybridized carbons (Fsp3) is 0.526. The Hall–Kier alpha value is -2.25. The van der Waals surface area contributed by atoms with Crippen molar-refractivity contribution in [1.82, 2.24) is 19.9 Å². The van der Waals surface area contributed by atoms with E-state index in [1.165, 1.54) is 0 Å². The fourth-order valence-electron chi connectivity index (χ4n) is 3.66. The quantitative estimate of drug-likeness (QED) is 0.740. The second-order valence-corrected chi connectivity index (χ2v) is 6.86. The zero-order valence-electron chi connectivity index (χ0n) is 14.8. The summed E-state index contributed by atoms with van der Waals surface area (Å²) in [7, 11) is 0. The molecule has 0 bridgehead atoms. The number of carbonyl (C=O) groups is 1. The summed E-state index contributed by atoms with van der Waals surface area (Å²) in [4.78, 5) is 14.4. The van der Waals surface area contributed by atoms with Gasteiger partial charge in [-0.15, -0.1) is 5.10 Å². The highest BCUT2D eigenvalue weighted by Gasteiger charge is 2.37. The molecule has 2 aliphatic heterocycles. The van der Waals surface area contributed by atoms with E-state index < -0.39 is 0 Å². The number of amides is 1. The minimum absolute atomic E-state index is 0.0104. The van der Waals surface area contributed by atoms with E-state index in [2.05, 4.69) is 10.3 Å². The lowest BCUT2D eigenvalue weighted by atomic mass is 10.00. The number of nitrogens with zero attached hydrogens (tertiary/aromatic N) is 4. The standard InChI is InChI=1S/C19H24N4O3/c24-19(7-4-10-25-13-15-5-2-1-3-6-15)22-9-8-17-18(12-22)26-14-16-11-20-21-23(16)17/h1-3,5-6,11,17-18H,4,7-10,12-14H2. The predicted molar refractivity (Wildman–Crippen MR) is 94.2 cm³/mol. The maximum atomic E-state index is 12.5. The number of fused-ring (bicyclic) bond motifs is 3. The molecule has 2 aliphatic rings. The van der Waals surface area contributed by atoms with E-state index >= 15 is 0 Å². The Kier molecular flexibility index (Phi) is 5.26. The summed E-state index contributed by atoms with van der Waals surface area (Å²) >= 11 is 0. The van der Waals surface area contributed by atoms with Gasteiger partial charge in [0.05, 0.1) is 37.3 Å². The summed E-state index contributed by atoms with van der Waals surface area (Å²) in [6.45, 7) is 3.08. The van der Waals surface area contributed by atoms with Crippen molar-refractivity contribution < 1.29 is 14.3 Å². The van der Waals surface area contributed by atoms with Crippen molar-refractivity contribution in [2.75, 3.05) is 19.7 Å². The van der Waals surface area contributed by atoms with E-state index in [9.17, 15) is 4.79 Å². The Morgan fingerprint density at radius 3 is 3.08 bits per heavy atom. The highest BCUT2D eigenvalue weighted by atomic mass is 16.5. The molecule has 2 aromatic rings. The molecule has 26 heavy (non-hydrogen) atoms. The van der Waals surface area contributed by atoms with Gasteiger partial charge in [-0.2, -0.15) is 0 Å². The summed E-state index contributed by atoms with van der Waals surface area (Å²) in [5.74, 6) is 0.180. The van der Waals surface area contributed by atoms with Crippen molar-refractivity contribution in [3.05, 3.63) is 47.8 Å². The van der Waals surface area contributed by atoms with E-state index in [1.54, 1.807) is 6.20 Å². The van der Waals surface area contributed by atoms with Gasteiger partial charge in [0.15, 0.2) is 0 Å². The van der Waals surface area contributed by atoms with Gasteiger partial charge in [0, 0.05) is 26.1 Å². The van der Waals surface area contributed by atoms with Crippen LogP contribution in [0.1, 0.15) is 36.6 Å². The van der Waals surface area contributed by atoms with Crippen molar-refractivity contribution in [2.45, 2.75) is 44.6 Å². The Morgan fingerprint density at radius 2 is 2.19 bits per heavy atom. The number of hydrogen-bond donors (Lipinski definition) is 0. The zero-order chi connectivity index (χ0) is 17.8. The molecule has 1 amide bonds. The van der Waals surface area contributed by atoms with Gasteiger partial charge in [0.1, 0.15) is 0 Å². The SMILES string of the molecule is O=C(CCCOCc1ccccc1)N1CCC2C(C1)OCc1cnnn12. The van der Waals surface area contributed by atoms with Crippen LogP contribution in [0.5, 0.6) is 0 Å². The minimum atomic E-state index is 0.0104. The summed E-state index contributed by atoms with van der Waals surface area (Å²) in [6, 6.07) is 10.3. The summed E-state index contributed by atoms with van der Waals surface area (Å²) in [5.41, 5.74) is 2.17. The Balaban J connectivity index is 1.19. The number of rotatable bonds is 6. The highest BCUT2D eigenvalue weighted by Crippen LogP contribution is 2.30. The molecule has 1 fully saturated rings. The third-order valence-corrected chi connectivity index (χ3v) is 5.08. The van der Waals surface area contributed by atoms with E-state index in [4.69, 9.17) is 9.47 Å². The average molecular weight is 356 g/mol. The Bertz CT molecular complexity index is 733. The lowest BCUT2D eigenvalue weighted by Gasteiger charge is -2.41. The molecule has 0 spiro atoms. The van der Waals surface area contributed by atoms with E-state index in [0.717, 1.165) is 30.6 Å². The molecule has 4 rings (SSSR count). The molecule has 1 saturated heterocycles. The maximum absolute atomic E-state index is 12.5. The van der Waals surface area contributed by atoms with Crippen molar-refractivity contribution in [2.24, 2.45) is 0 Å². The van der Waals surface area contributed by atoms with Crippen LogP contribution < -0.4 is 0 Å². The fourth-order valence-corrected chi connectivity index (χ4v) is 3.66. The van der Waals surface area contributed by atoms with Crippen LogP contribution in [0.25, 0.3) is 0 Å². The largest absolute Gasteiger partial charge is 0.377 e. The molecule has 0 saturated carbocycles. The van der Waals surface area contributed by atoms with Crippen LogP contribution in [0.2, 0.25) is 0 Å². The first-order valence-corrected chi connectivity index (χ1v) is 9.21. The predicted octanol–water partition coefficient (Wildman–Crippen LogP) is 1.95. The summed E-state index contributed by atoms with van der Waals surface area (Å²) in [5, 5.41) is 8.14. The first-order chi connectivity index (χ1) is 12.8. The summed E-state index contributed by atoms with van der Waals surface area (Å²) < 4.78 is 13.5. The molecule has 0 aliphatic carbocycles. The van der Waals surface area contributed by atoms with E-state index in [-0.39, 0.29) is 18.1 Å². The number of carbonyl (C=O) groups excluding carboxylic acids is 1. The van der Waals surface area contributed by atoms with Gasteiger partial charge in [0.25, 0.3) is 0 Å². The molecule has 0 radical (unpaired) electrons. The zero-order valence-corrected chi connectivity index (χ0v) is 14.8. The van der Waals surface area contributed by atoms with Crippen LogP contribution in [0.4, 0.5) is 0 Å². The van der Waals surface area contributed by atoms with Gasteiger partial charge in [-0.3, -0.25) is 4.79 Å². The van der Waals surface area contributed by atoms with Crippen LogP contribution >= 0.6 is 0 Å². The molecular weight excluding hydrogens is 332 g/mol. The second-order valence-electron chi connectivity index (χ2n) is 6.86. The number of hydrogen-bond acceptors (Lipinski definition) is 5. The van der Waals surface area contributed by atoms with E-state index in [1.807, 2.05) is 39.9 Å². The number of benzene rings is 1. The number of aromatic nitrogens is 3. The topological polar surface area (TPSA) is 69.5 Å². The normalized spacial score (nSPS) is 21.9. The molecule has 7 heteroatoms. The molecule has 3 heterocycles. The Morgan fingerprint density at radius 1 is 1.31 bits per heavy atom. The lowest BCUT2D eigenvalue weighted by molar-refractivity contribution is -0.140. The van der Waals surface area contributed by atoms with Crippen molar-refractivity contribution in [3.63, 3.8) is 0 Å².